The van der Waals surface area contributed by atoms with E-state index in [4.69, 9.17) is 5.84 Å². The molecule has 0 unspecified atom stereocenters. The topological polar surface area (TPSA) is 29.3 Å². The van der Waals surface area contributed by atoms with E-state index in [1.807, 2.05) is 12.1 Å². The first kappa shape index (κ1) is 10.1. The van der Waals surface area contributed by atoms with Crippen molar-refractivity contribution in [3.05, 3.63) is 66.4 Å². The summed E-state index contributed by atoms with van der Waals surface area (Å²) < 4.78 is 0. The van der Waals surface area contributed by atoms with Crippen molar-refractivity contribution < 1.29 is 0 Å². The number of nitrogens with two attached hydrogens (primary N) is 1. The van der Waals surface area contributed by atoms with E-state index in [9.17, 15) is 0 Å². The summed E-state index contributed by atoms with van der Waals surface area (Å²) in [6.45, 7) is 3.71. The van der Waals surface area contributed by atoms with Gasteiger partial charge in [0.15, 0.2) is 0 Å². The van der Waals surface area contributed by atoms with Gasteiger partial charge in [-0.1, -0.05) is 43.0 Å². The van der Waals surface area contributed by atoms with E-state index in [-0.39, 0.29) is 0 Å². The molecule has 17 heavy (non-hydrogen) atoms. The maximum Gasteiger partial charge on any atom is 0.0609 e. The molecule has 2 aromatic carbocycles. The maximum atomic E-state index is 5.92. The minimum atomic E-state index is 0.948. The van der Waals surface area contributed by atoms with Crippen LogP contribution < -0.4 is 10.9 Å². The smallest absolute Gasteiger partial charge is 0.0609 e. The highest BCUT2D eigenvalue weighted by Gasteiger charge is 2.21. The molecule has 0 heterocycles. The van der Waals surface area contributed by atoms with Crippen molar-refractivity contribution in [3.63, 3.8) is 0 Å². The number of anilines is 1. The molecule has 0 saturated heterocycles. The second kappa shape index (κ2) is 3.75. The van der Waals surface area contributed by atoms with Crippen LogP contribution in [0.25, 0.3) is 11.1 Å². The third kappa shape index (κ3) is 1.46. The molecule has 0 atom stereocenters. The van der Waals surface area contributed by atoms with Gasteiger partial charge in [0, 0.05) is 12.6 Å². The van der Waals surface area contributed by atoms with Crippen molar-refractivity contribution in [2.75, 3.05) is 5.01 Å². The summed E-state index contributed by atoms with van der Waals surface area (Å²) in [7, 11) is 0. The molecule has 0 aromatic heterocycles. The van der Waals surface area contributed by atoms with Crippen LogP contribution in [-0.4, -0.2) is 0 Å². The van der Waals surface area contributed by atoms with Gasteiger partial charge in [0.05, 0.1) is 5.69 Å². The van der Waals surface area contributed by atoms with Gasteiger partial charge in [-0.05, 0) is 28.3 Å². The first-order valence-corrected chi connectivity index (χ1v) is 5.68. The van der Waals surface area contributed by atoms with Crippen molar-refractivity contribution in [1.29, 1.82) is 0 Å². The number of hydrogen-bond acceptors (Lipinski definition) is 2. The zero-order chi connectivity index (χ0) is 11.8. The molecule has 0 spiro atoms. The molecule has 84 valence electrons. The van der Waals surface area contributed by atoms with Gasteiger partial charge >= 0.3 is 0 Å². The molecule has 0 radical (unpaired) electrons. The number of hydrogen-bond donors (Lipinski definition) is 1. The van der Waals surface area contributed by atoms with Gasteiger partial charge in [0.25, 0.3) is 0 Å². The summed E-state index contributed by atoms with van der Waals surface area (Å²) in [4.78, 5) is 0. The largest absolute Gasteiger partial charge is 0.287 e. The van der Waals surface area contributed by atoms with Crippen LogP contribution in [0.15, 0.2) is 55.2 Å². The molecule has 1 aliphatic rings. The summed E-state index contributed by atoms with van der Waals surface area (Å²) in [6.07, 6.45) is 2.59. The molecule has 0 aliphatic heterocycles. The Morgan fingerprint density at radius 3 is 2.65 bits per heavy atom. The van der Waals surface area contributed by atoms with Gasteiger partial charge in [-0.2, -0.15) is 0 Å². The van der Waals surface area contributed by atoms with Crippen LogP contribution in [0.5, 0.6) is 0 Å². The average Bonchev–Trinajstić information content (AvgIpc) is 2.76. The average molecular weight is 222 g/mol. The molecule has 3 rings (SSSR count). The number of rotatable bonds is 2. The predicted molar refractivity (Wildman–Crippen MR) is 71.5 cm³/mol. The molecule has 0 fully saturated rings. The van der Waals surface area contributed by atoms with Gasteiger partial charge in [-0.25, -0.2) is 5.84 Å². The molecule has 2 N–H and O–H groups in total. The lowest BCUT2D eigenvalue weighted by Crippen LogP contribution is -2.24. The lowest BCUT2D eigenvalue weighted by molar-refractivity contribution is 1.06. The van der Waals surface area contributed by atoms with Crippen LogP contribution in [0.4, 0.5) is 5.69 Å². The first-order valence-electron chi connectivity index (χ1n) is 5.68. The molecule has 2 heteroatoms. The Labute approximate surface area is 101 Å². The van der Waals surface area contributed by atoms with Crippen molar-refractivity contribution in [2.45, 2.75) is 6.42 Å². The van der Waals surface area contributed by atoms with Crippen molar-refractivity contribution in [3.8, 4) is 11.1 Å². The second-order valence-corrected chi connectivity index (χ2v) is 4.23. The predicted octanol–water partition coefficient (Wildman–Crippen LogP) is 3.08. The Kier molecular flexibility index (Phi) is 2.23. The summed E-state index contributed by atoms with van der Waals surface area (Å²) in [5.41, 5.74) is 6.30. The Bertz CT molecular complexity index is 587. The van der Waals surface area contributed by atoms with E-state index in [1.54, 1.807) is 11.2 Å². The van der Waals surface area contributed by atoms with Gasteiger partial charge in [0.2, 0.25) is 0 Å². The van der Waals surface area contributed by atoms with Gasteiger partial charge in [-0.3, -0.25) is 5.01 Å². The van der Waals surface area contributed by atoms with E-state index in [1.165, 1.54) is 22.3 Å². The van der Waals surface area contributed by atoms with E-state index >= 15 is 0 Å². The minimum Gasteiger partial charge on any atom is -0.287 e. The van der Waals surface area contributed by atoms with Gasteiger partial charge in [-0.15, -0.1) is 0 Å². The normalized spacial score (nSPS) is 11.8. The lowest BCUT2D eigenvalue weighted by atomic mass is 10.0. The molecule has 2 nitrogen and oxygen atoms in total. The van der Waals surface area contributed by atoms with Crippen LogP contribution in [0.3, 0.4) is 0 Å². The highest BCUT2D eigenvalue weighted by Crippen LogP contribution is 2.40. The van der Waals surface area contributed by atoms with Crippen molar-refractivity contribution in [1.82, 2.24) is 0 Å². The summed E-state index contributed by atoms with van der Waals surface area (Å²) in [5, 5.41) is 1.59. The highest BCUT2D eigenvalue weighted by molar-refractivity contribution is 5.82. The van der Waals surface area contributed by atoms with Crippen molar-refractivity contribution in [2.24, 2.45) is 5.84 Å². The van der Waals surface area contributed by atoms with E-state index in [0.717, 1.165) is 12.1 Å². The Hall–Kier alpha value is -2.06. The Morgan fingerprint density at radius 1 is 1.06 bits per heavy atom. The Morgan fingerprint density at radius 2 is 1.82 bits per heavy atom. The number of nitrogens with zero attached hydrogens (tertiary/aromatic N) is 1. The minimum absolute atomic E-state index is 0.948. The fourth-order valence-electron chi connectivity index (χ4n) is 2.48. The van der Waals surface area contributed by atoms with Crippen LogP contribution in [-0.2, 0) is 6.42 Å². The van der Waals surface area contributed by atoms with Crippen LogP contribution in [0.2, 0.25) is 0 Å². The molecule has 0 amide bonds. The maximum absolute atomic E-state index is 5.92. The van der Waals surface area contributed by atoms with Crippen LogP contribution in [0.1, 0.15) is 11.1 Å². The molecule has 2 aromatic rings. The zero-order valence-corrected chi connectivity index (χ0v) is 9.56. The SMILES string of the molecule is C=CN(N)c1cccc2c1Cc1ccccc1-2. The van der Waals surface area contributed by atoms with Crippen molar-refractivity contribution >= 4 is 5.69 Å². The summed E-state index contributed by atoms with van der Waals surface area (Å²) in [6, 6.07) is 14.7. The molecular weight excluding hydrogens is 208 g/mol. The first-order chi connectivity index (χ1) is 8.31. The van der Waals surface area contributed by atoms with E-state index < -0.39 is 0 Å². The second-order valence-electron chi connectivity index (χ2n) is 4.23. The zero-order valence-electron chi connectivity index (χ0n) is 9.56. The molecule has 0 saturated carbocycles. The monoisotopic (exact) mass is 222 g/mol. The van der Waals surface area contributed by atoms with Crippen LogP contribution in [0, 0.1) is 0 Å². The van der Waals surface area contributed by atoms with E-state index in [2.05, 4.69) is 36.9 Å². The quantitative estimate of drug-likeness (QED) is 0.533. The van der Waals surface area contributed by atoms with Gasteiger partial charge in [0.1, 0.15) is 0 Å². The fraction of sp³-hybridized carbons (Fsp3) is 0.0667. The number of fused-ring (bicyclic) bond motifs is 3. The third-order valence-corrected chi connectivity index (χ3v) is 3.30. The van der Waals surface area contributed by atoms with Gasteiger partial charge < -0.3 is 0 Å². The third-order valence-electron chi connectivity index (χ3n) is 3.30. The standard InChI is InChI=1S/C15H14N2/c1-2-17(16)15-9-5-8-13-12-7-4-3-6-11(12)10-14(13)15/h2-9H,1,10,16H2. The molecule has 1 aliphatic carbocycles. The Balaban J connectivity index is 2.20. The molecule has 0 bridgehead atoms. The van der Waals surface area contributed by atoms with E-state index in [0.29, 0.717) is 0 Å². The summed E-state index contributed by atoms with van der Waals surface area (Å²) in [5.74, 6) is 5.92. The number of benzene rings is 2. The van der Waals surface area contributed by atoms with Crippen LogP contribution >= 0.6 is 0 Å². The fourth-order valence-corrected chi connectivity index (χ4v) is 2.48. The highest BCUT2D eigenvalue weighted by atomic mass is 15.4. The summed E-state index contributed by atoms with van der Waals surface area (Å²) >= 11 is 0. The lowest BCUT2D eigenvalue weighted by Gasteiger charge is -2.17. The number of hydrazine groups is 1. The molecular formula is C15H14N2.